The topological polar surface area (TPSA) is 69.6 Å². The van der Waals surface area contributed by atoms with Crippen molar-refractivity contribution in [2.24, 2.45) is 0 Å². The highest BCUT2D eigenvalue weighted by Gasteiger charge is 2.39. The summed E-state index contributed by atoms with van der Waals surface area (Å²) in [6.07, 6.45) is 0.00739. The third-order valence-corrected chi connectivity index (χ3v) is 4.04. The van der Waals surface area contributed by atoms with Crippen molar-refractivity contribution in [2.75, 3.05) is 10.2 Å². The van der Waals surface area contributed by atoms with Crippen molar-refractivity contribution in [3.05, 3.63) is 52.5 Å². The first-order chi connectivity index (χ1) is 11.0. The number of anilines is 2. The zero-order valence-corrected chi connectivity index (χ0v) is 13.3. The van der Waals surface area contributed by atoms with Crippen LogP contribution in [0.15, 0.2) is 42.5 Å². The number of amides is 2. The van der Waals surface area contributed by atoms with E-state index in [1.54, 1.807) is 30.3 Å². The smallest absolute Gasteiger partial charge is 0.256 e. The van der Waals surface area contributed by atoms with E-state index in [-0.39, 0.29) is 18.1 Å². The summed E-state index contributed by atoms with van der Waals surface area (Å²) in [5, 5.41) is 13.3. The van der Waals surface area contributed by atoms with Crippen molar-refractivity contribution in [3.8, 4) is 5.75 Å². The molecule has 23 heavy (non-hydrogen) atoms. The lowest BCUT2D eigenvalue weighted by Crippen LogP contribution is -2.34. The fourth-order valence-electron chi connectivity index (χ4n) is 2.44. The molecule has 1 heterocycles. The van der Waals surface area contributed by atoms with Gasteiger partial charge in [-0.05, 0) is 30.3 Å². The number of imide groups is 1. The first-order valence-electron chi connectivity index (χ1n) is 6.83. The Morgan fingerprint density at radius 2 is 1.91 bits per heavy atom. The van der Waals surface area contributed by atoms with Gasteiger partial charge >= 0.3 is 0 Å². The number of nitrogens with zero attached hydrogens (tertiary/aromatic N) is 1. The summed E-state index contributed by atoms with van der Waals surface area (Å²) in [6, 6.07) is 10.1. The molecule has 2 aromatic carbocycles. The molecule has 0 aliphatic carbocycles. The molecule has 3 rings (SSSR count). The minimum atomic E-state index is -0.719. The van der Waals surface area contributed by atoms with Crippen molar-refractivity contribution in [3.63, 3.8) is 0 Å². The van der Waals surface area contributed by atoms with Crippen LogP contribution in [0.2, 0.25) is 10.0 Å². The third-order valence-electron chi connectivity index (χ3n) is 3.50. The van der Waals surface area contributed by atoms with Gasteiger partial charge in [0.2, 0.25) is 5.91 Å². The summed E-state index contributed by atoms with van der Waals surface area (Å²) < 4.78 is 0. The number of carbonyl (C=O) groups is 2. The summed E-state index contributed by atoms with van der Waals surface area (Å²) in [5.74, 6) is -0.755. The largest absolute Gasteiger partial charge is 0.508 e. The lowest BCUT2D eigenvalue weighted by molar-refractivity contribution is -0.121. The van der Waals surface area contributed by atoms with Crippen LogP contribution in [0.3, 0.4) is 0 Å². The Balaban J connectivity index is 1.84. The number of hydrogen-bond donors (Lipinski definition) is 2. The minimum Gasteiger partial charge on any atom is -0.508 e. The Bertz CT molecular complexity index is 795. The van der Waals surface area contributed by atoms with E-state index in [9.17, 15) is 14.7 Å². The Morgan fingerprint density at radius 1 is 1.13 bits per heavy atom. The number of hydrogen-bond acceptors (Lipinski definition) is 4. The minimum absolute atomic E-state index is 0.00739. The van der Waals surface area contributed by atoms with Crippen molar-refractivity contribution in [2.45, 2.75) is 12.5 Å². The molecule has 1 aliphatic rings. The van der Waals surface area contributed by atoms with Crippen LogP contribution in [0.25, 0.3) is 0 Å². The fraction of sp³-hybridized carbons (Fsp3) is 0.125. The predicted molar refractivity (Wildman–Crippen MR) is 89.1 cm³/mol. The maximum absolute atomic E-state index is 12.5. The molecule has 2 aromatic rings. The molecule has 7 heteroatoms. The average Bonchev–Trinajstić information content (AvgIpc) is 2.76. The number of rotatable bonds is 3. The molecular formula is C16H12Cl2N2O3. The molecule has 118 valence electrons. The second kappa shape index (κ2) is 6.10. The zero-order valence-electron chi connectivity index (χ0n) is 11.8. The SMILES string of the molecule is O=C1CC(Nc2ccc(Cl)cc2Cl)C(=O)N1c1cccc(O)c1. The molecule has 1 unspecified atom stereocenters. The van der Waals surface area contributed by atoms with Gasteiger partial charge in [-0.1, -0.05) is 29.3 Å². The molecule has 1 saturated heterocycles. The Kier molecular flexibility index (Phi) is 4.15. The molecule has 1 fully saturated rings. The van der Waals surface area contributed by atoms with Gasteiger partial charge in [-0.25, -0.2) is 4.90 Å². The highest BCUT2D eigenvalue weighted by atomic mass is 35.5. The number of aromatic hydroxyl groups is 1. The summed E-state index contributed by atoms with van der Waals surface area (Å²) >= 11 is 11.9. The fourth-order valence-corrected chi connectivity index (χ4v) is 2.91. The maximum Gasteiger partial charge on any atom is 0.256 e. The monoisotopic (exact) mass is 350 g/mol. The van der Waals surface area contributed by atoms with E-state index in [1.807, 2.05) is 0 Å². The van der Waals surface area contributed by atoms with Crippen LogP contribution < -0.4 is 10.2 Å². The van der Waals surface area contributed by atoms with Crippen LogP contribution in [0, 0.1) is 0 Å². The van der Waals surface area contributed by atoms with Gasteiger partial charge in [0.1, 0.15) is 11.8 Å². The van der Waals surface area contributed by atoms with Crippen LogP contribution in [-0.4, -0.2) is 23.0 Å². The Labute approximate surface area is 142 Å². The van der Waals surface area contributed by atoms with Crippen LogP contribution >= 0.6 is 23.2 Å². The summed E-state index contributed by atoms with van der Waals surface area (Å²) in [7, 11) is 0. The van der Waals surface area contributed by atoms with Crippen molar-refractivity contribution in [1.82, 2.24) is 0 Å². The number of carbonyl (C=O) groups excluding carboxylic acids is 2. The normalized spacial score (nSPS) is 17.7. The molecule has 0 spiro atoms. The van der Waals surface area contributed by atoms with E-state index in [1.165, 1.54) is 12.1 Å². The highest BCUT2D eigenvalue weighted by Crippen LogP contribution is 2.30. The quantitative estimate of drug-likeness (QED) is 0.832. The average molecular weight is 351 g/mol. The maximum atomic E-state index is 12.5. The predicted octanol–water partition coefficient (Wildman–Crippen LogP) is 3.44. The van der Waals surface area contributed by atoms with Crippen LogP contribution in [0.1, 0.15) is 6.42 Å². The number of phenolic OH excluding ortho intramolecular Hbond substituents is 1. The van der Waals surface area contributed by atoms with Crippen LogP contribution in [0.5, 0.6) is 5.75 Å². The molecule has 1 aliphatic heterocycles. The third kappa shape index (κ3) is 3.11. The molecule has 0 bridgehead atoms. The van der Waals surface area contributed by atoms with E-state index in [4.69, 9.17) is 23.2 Å². The first-order valence-corrected chi connectivity index (χ1v) is 7.59. The van der Waals surface area contributed by atoms with E-state index < -0.39 is 11.9 Å². The van der Waals surface area contributed by atoms with Gasteiger partial charge in [0.15, 0.2) is 0 Å². The second-order valence-electron chi connectivity index (χ2n) is 5.11. The highest BCUT2D eigenvalue weighted by molar-refractivity contribution is 6.36. The van der Waals surface area contributed by atoms with Gasteiger partial charge in [-0.2, -0.15) is 0 Å². The zero-order chi connectivity index (χ0) is 16.6. The standard InChI is InChI=1S/C16H12Cl2N2O3/c17-9-4-5-13(12(18)6-9)19-14-8-15(22)20(16(14)23)10-2-1-3-11(21)7-10/h1-7,14,19,21H,8H2. The van der Waals surface area contributed by atoms with Crippen LogP contribution in [-0.2, 0) is 9.59 Å². The van der Waals surface area contributed by atoms with Crippen LogP contribution in [0.4, 0.5) is 11.4 Å². The van der Waals surface area contributed by atoms with Gasteiger partial charge in [0.05, 0.1) is 22.8 Å². The van der Waals surface area contributed by atoms with E-state index in [0.29, 0.717) is 21.4 Å². The second-order valence-corrected chi connectivity index (χ2v) is 5.96. The molecule has 1 atom stereocenters. The molecule has 0 saturated carbocycles. The number of benzene rings is 2. The van der Waals surface area contributed by atoms with Crippen molar-refractivity contribution in [1.29, 1.82) is 0 Å². The summed E-state index contributed by atoms with van der Waals surface area (Å²) in [6.45, 7) is 0. The van der Waals surface area contributed by atoms with Gasteiger partial charge in [-0.3, -0.25) is 9.59 Å². The Hall–Kier alpha value is -2.24. The Morgan fingerprint density at radius 3 is 2.61 bits per heavy atom. The van der Waals surface area contributed by atoms with Crippen molar-refractivity contribution >= 4 is 46.4 Å². The van der Waals surface area contributed by atoms with E-state index >= 15 is 0 Å². The lowest BCUT2D eigenvalue weighted by atomic mass is 10.2. The molecule has 5 nitrogen and oxygen atoms in total. The lowest BCUT2D eigenvalue weighted by Gasteiger charge is -2.16. The van der Waals surface area contributed by atoms with E-state index in [2.05, 4.69) is 5.32 Å². The molecule has 2 N–H and O–H groups in total. The molecule has 2 amide bonds. The number of phenols is 1. The number of nitrogens with one attached hydrogen (secondary N) is 1. The molecular weight excluding hydrogens is 339 g/mol. The van der Waals surface area contributed by atoms with Gasteiger partial charge in [-0.15, -0.1) is 0 Å². The summed E-state index contributed by atoms with van der Waals surface area (Å²) in [5.41, 5.74) is 0.867. The van der Waals surface area contributed by atoms with Gasteiger partial charge < -0.3 is 10.4 Å². The van der Waals surface area contributed by atoms with E-state index in [0.717, 1.165) is 4.90 Å². The van der Waals surface area contributed by atoms with Gasteiger partial charge in [0, 0.05) is 11.1 Å². The van der Waals surface area contributed by atoms with Crippen molar-refractivity contribution < 1.29 is 14.7 Å². The van der Waals surface area contributed by atoms with Gasteiger partial charge in [0.25, 0.3) is 5.91 Å². The molecule has 0 radical (unpaired) electrons. The molecule has 0 aromatic heterocycles. The summed E-state index contributed by atoms with van der Waals surface area (Å²) in [4.78, 5) is 25.7. The number of halogens is 2. The first kappa shape index (κ1) is 15.6.